The number of hydrogen-bond acceptors (Lipinski definition) is 5. The number of carbonyl (C=O) groups excluding carboxylic acids is 1. The van der Waals surface area contributed by atoms with E-state index in [0.29, 0.717) is 16.9 Å². The number of rotatable bonds is 8. The molecule has 0 aliphatic carbocycles. The number of pyridine rings is 3. The zero-order chi connectivity index (χ0) is 33.6. The van der Waals surface area contributed by atoms with E-state index in [-0.39, 0.29) is 29.6 Å². The molecule has 0 spiro atoms. The standard InChI is InChI=1S/C40H42N6O2/c1-27(2)32-17-10-18-33(28(3)4)36(32)43-40(48)44-37-35(30-15-9-13-29(25-30)14-12-24-45-22-7-8-23-45)34-19-11-21-42-38(34)46(39(37)47)26-31-16-5-6-20-41-31/h5-6,9-11,13,15-21,25,27-28H,7-8,22-24,26H2,1-4H3,(H2,43,44,48). The fraction of sp³-hybridized carbons (Fsp3) is 0.300. The number of nitrogens with zero attached hydrogens (tertiary/aromatic N) is 4. The summed E-state index contributed by atoms with van der Waals surface area (Å²) < 4.78 is 1.58. The molecule has 1 aliphatic rings. The summed E-state index contributed by atoms with van der Waals surface area (Å²) in [5, 5.41) is 6.86. The molecule has 3 aromatic heterocycles. The molecule has 0 atom stereocenters. The van der Waals surface area contributed by atoms with Crippen LogP contribution in [-0.2, 0) is 6.54 Å². The fourth-order valence-corrected chi connectivity index (χ4v) is 6.40. The average Bonchev–Trinajstić information content (AvgIpc) is 3.61. The van der Waals surface area contributed by atoms with Crippen LogP contribution in [0.3, 0.4) is 0 Å². The van der Waals surface area contributed by atoms with E-state index in [9.17, 15) is 9.59 Å². The summed E-state index contributed by atoms with van der Waals surface area (Å²) in [5.74, 6) is 7.01. The Labute approximate surface area is 282 Å². The number of carbonyl (C=O) groups is 1. The van der Waals surface area contributed by atoms with Gasteiger partial charge in [0.2, 0.25) is 0 Å². The summed E-state index contributed by atoms with van der Waals surface area (Å²) >= 11 is 0. The molecule has 5 aromatic rings. The number of anilines is 2. The van der Waals surface area contributed by atoms with Gasteiger partial charge < -0.3 is 10.6 Å². The molecule has 0 saturated carbocycles. The molecule has 2 amide bonds. The molecule has 244 valence electrons. The predicted molar refractivity (Wildman–Crippen MR) is 195 cm³/mol. The van der Waals surface area contributed by atoms with Crippen molar-refractivity contribution in [3.63, 3.8) is 0 Å². The number of likely N-dealkylation sites (tertiary alicyclic amines) is 1. The Hall–Kier alpha value is -5.26. The number of nitrogens with one attached hydrogen (secondary N) is 2. The maximum absolute atomic E-state index is 14.5. The Morgan fingerprint density at radius 1 is 0.833 bits per heavy atom. The Morgan fingerprint density at radius 3 is 2.25 bits per heavy atom. The van der Waals surface area contributed by atoms with E-state index in [1.165, 1.54) is 12.8 Å². The van der Waals surface area contributed by atoms with Crippen LogP contribution < -0.4 is 16.2 Å². The summed E-state index contributed by atoms with van der Waals surface area (Å²) in [6, 6.07) is 22.8. The number of benzene rings is 2. The van der Waals surface area contributed by atoms with Gasteiger partial charge in [0.25, 0.3) is 5.56 Å². The third-order valence-corrected chi connectivity index (χ3v) is 8.80. The molecular weight excluding hydrogens is 596 g/mol. The van der Waals surface area contributed by atoms with Gasteiger partial charge in [-0.05, 0) is 90.9 Å². The molecule has 48 heavy (non-hydrogen) atoms. The third-order valence-electron chi connectivity index (χ3n) is 8.80. The van der Waals surface area contributed by atoms with Gasteiger partial charge in [-0.15, -0.1) is 0 Å². The van der Waals surface area contributed by atoms with Gasteiger partial charge in [-0.2, -0.15) is 0 Å². The van der Waals surface area contributed by atoms with E-state index in [4.69, 9.17) is 0 Å². The van der Waals surface area contributed by atoms with Crippen LogP contribution in [0.25, 0.3) is 22.2 Å². The SMILES string of the molecule is CC(C)c1cccc(C(C)C)c1NC(=O)Nc1c(-c2cccc(C#CCN3CCCC3)c2)c2cccnc2n(Cc2ccccn2)c1=O. The smallest absolute Gasteiger partial charge is 0.307 e. The van der Waals surface area contributed by atoms with E-state index < -0.39 is 6.03 Å². The van der Waals surface area contributed by atoms with Gasteiger partial charge in [-0.25, -0.2) is 9.78 Å². The van der Waals surface area contributed by atoms with Crippen molar-refractivity contribution < 1.29 is 4.79 Å². The van der Waals surface area contributed by atoms with Crippen LogP contribution >= 0.6 is 0 Å². The van der Waals surface area contributed by atoms with Crippen LogP contribution in [0, 0.1) is 11.8 Å². The van der Waals surface area contributed by atoms with Crippen molar-refractivity contribution in [2.24, 2.45) is 0 Å². The van der Waals surface area contributed by atoms with Crippen molar-refractivity contribution in [3.8, 4) is 23.0 Å². The lowest BCUT2D eigenvalue weighted by molar-refractivity contribution is 0.262. The van der Waals surface area contributed by atoms with E-state index in [1.807, 2.05) is 72.8 Å². The van der Waals surface area contributed by atoms with Crippen molar-refractivity contribution in [1.29, 1.82) is 0 Å². The molecule has 1 fully saturated rings. The normalized spacial score (nSPS) is 13.1. The Bertz CT molecular complexity index is 2020. The molecular formula is C40H42N6O2. The highest BCUT2D eigenvalue weighted by Gasteiger charge is 2.23. The lowest BCUT2D eigenvalue weighted by Crippen LogP contribution is -2.30. The second kappa shape index (κ2) is 14.7. The van der Waals surface area contributed by atoms with Crippen molar-refractivity contribution in [1.82, 2.24) is 19.4 Å². The Morgan fingerprint density at radius 2 is 1.54 bits per heavy atom. The van der Waals surface area contributed by atoms with Crippen molar-refractivity contribution in [2.45, 2.75) is 58.9 Å². The minimum atomic E-state index is -0.488. The van der Waals surface area contributed by atoms with E-state index in [1.54, 1.807) is 17.0 Å². The van der Waals surface area contributed by atoms with Gasteiger partial charge in [-0.3, -0.25) is 19.2 Å². The average molecular weight is 639 g/mol. The molecule has 1 aliphatic heterocycles. The monoisotopic (exact) mass is 638 g/mol. The van der Waals surface area contributed by atoms with E-state index in [0.717, 1.165) is 53.0 Å². The van der Waals surface area contributed by atoms with Crippen molar-refractivity contribution >= 4 is 28.4 Å². The Kier molecular flexibility index (Phi) is 9.98. The maximum atomic E-state index is 14.5. The second-order valence-electron chi connectivity index (χ2n) is 12.9. The number of fused-ring (bicyclic) bond motifs is 1. The maximum Gasteiger partial charge on any atom is 0.323 e. The van der Waals surface area contributed by atoms with Gasteiger partial charge >= 0.3 is 6.03 Å². The van der Waals surface area contributed by atoms with Crippen LogP contribution in [0.1, 0.15) is 74.8 Å². The zero-order valence-corrected chi connectivity index (χ0v) is 28.1. The largest absolute Gasteiger partial charge is 0.323 e. The van der Waals surface area contributed by atoms with Gasteiger partial charge in [0.05, 0.1) is 18.8 Å². The van der Waals surface area contributed by atoms with E-state index in [2.05, 4.69) is 65.0 Å². The first kappa shape index (κ1) is 32.7. The van der Waals surface area contributed by atoms with Crippen molar-refractivity contribution in [3.05, 3.63) is 118 Å². The van der Waals surface area contributed by atoms with Gasteiger partial charge in [0, 0.05) is 34.6 Å². The van der Waals surface area contributed by atoms with Crippen molar-refractivity contribution in [2.75, 3.05) is 30.3 Å². The van der Waals surface area contributed by atoms with Gasteiger partial charge in [0.15, 0.2) is 0 Å². The highest BCUT2D eigenvalue weighted by Crippen LogP contribution is 2.35. The van der Waals surface area contributed by atoms with Crippen LogP contribution in [0.4, 0.5) is 16.2 Å². The topological polar surface area (TPSA) is 92.2 Å². The quantitative estimate of drug-likeness (QED) is 0.169. The lowest BCUT2D eigenvalue weighted by Gasteiger charge is -2.21. The molecule has 8 heteroatoms. The number of urea groups is 1. The first-order valence-corrected chi connectivity index (χ1v) is 16.7. The molecule has 2 aromatic carbocycles. The van der Waals surface area contributed by atoms with E-state index >= 15 is 0 Å². The van der Waals surface area contributed by atoms with Gasteiger partial charge in [-0.1, -0.05) is 75.9 Å². The molecule has 0 radical (unpaired) electrons. The Balaban J connectivity index is 1.47. The molecule has 2 N–H and O–H groups in total. The minimum Gasteiger partial charge on any atom is -0.307 e. The third kappa shape index (κ3) is 7.17. The predicted octanol–water partition coefficient (Wildman–Crippen LogP) is 7.84. The van der Waals surface area contributed by atoms with Crippen LogP contribution in [0.5, 0.6) is 0 Å². The van der Waals surface area contributed by atoms with Crippen LogP contribution in [-0.4, -0.2) is 45.1 Å². The van der Waals surface area contributed by atoms with Gasteiger partial charge in [0.1, 0.15) is 11.3 Å². The molecule has 1 saturated heterocycles. The molecule has 0 bridgehead atoms. The zero-order valence-electron chi connectivity index (χ0n) is 28.1. The summed E-state index contributed by atoms with van der Waals surface area (Å²) in [5.41, 5.74) is 6.05. The number of hydrogen-bond donors (Lipinski definition) is 2. The first-order chi connectivity index (χ1) is 23.3. The summed E-state index contributed by atoms with van der Waals surface area (Å²) in [4.78, 5) is 40.0. The van der Waals surface area contributed by atoms with Crippen LogP contribution in [0.2, 0.25) is 0 Å². The summed E-state index contributed by atoms with van der Waals surface area (Å²) in [6.07, 6.45) is 5.81. The second-order valence-corrected chi connectivity index (χ2v) is 12.9. The van der Waals surface area contributed by atoms with Crippen LogP contribution in [0.15, 0.2) is 90.0 Å². The summed E-state index contributed by atoms with van der Waals surface area (Å²) in [6.45, 7) is 11.5. The highest BCUT2D eigenvalue weighted by atomic mass is 16.2. The highest BCUT2D eigenvalue weighted by molar-refractivity contribution is 6.07. The first-order valence-electron chi connectivity index (χ1n) is 16.7. The number of para-hydroxylation sites is 1. The number of aromatic nitrogens is 3. The molecule has 6 rings (SSSR count). The lowest BCUT2D eigenvalue weighted by atomic mass is 9.93. The molecule has 0 unspecified atom stereocenters. The minimum absolute atomic E-state index is 0.166. The molecule has 8 nitrogen and oxygen atoms in total. The summed E-state index contributed by atoms with van der Waals surface area (Å²) in [7, 11) is 0. The molecule has 4 heterocycles. The number of amides is 2. The fourth-order valence-electron chi connectivity index (χ4n) is 6.40.